The molecule has 32 heavy (non-hydrogen) atoms. The highest BCUT2D eigenvalue weighted by molar-refractivity contribution is 6.04. The lowest BCUT2D eigenvalue weighted by molar-refractivity contribution is -0.148. The number of allylic oxidation sites excluding steroid dienone is 1. The Hall–Kier alpha value is -3.27. The van der Waals surface area contributed by atoms with Gasteiger partial charge in [0.25, 0.3) is 5.91 Å². The van der Waals surface area contributed by atoms with Crippen molar-refractivity contribution in [3.05, 3.63) is 59.9 Å². The van der Waals surface area contributed by atoms with E-state index in [1.807, 2.05) is 18.2 Å². The van der Waals surface area contributed by atoms with E-state index in [-0.39, 0.29) is 38.3 Å². The largest absolute Gasteiger partial charge is 0.459 e. The van der Waals surface area contributed by atoms with E-state index in [1.165, 1.54) is 0 Å². The lowest BCUT2D eigenvalue weighted by Crippen LogP contribution is -2.30. The number of anilines is 2. The molecule has 0 saturated heterocycles. The number of benzene rings is 2. The molecule has 2 aliphatic rings. The molecule has 2 atom stereocenters. The van der Waals surface area contributed by atoms with E-state index < -0.39 is 12.2 Å². The van der Waals surface area contributed by atoms with Gasteiger partial charge in [-0.1, -0.05) is 18.2 Å². The molecule has 0 bridgehead atoms. The molecule has 2 aliphatic heterocycles. The first-order chi connectivity index (χ1) is 15.6. The van der Waals surface area contributed by atoms with E-state index in [9.17, 15) is 4.79 Å². The van der Waals surface area contributed by atoms with E-state index in [2.05, 4.69) is 5.32 Å². The molecule has 0 aliphatic carbocycles. The van der Waals surface area contributed by atoms with Crippen molar-refractivity contribution in [2.24, 2.45) is 0 Å². The minimum absolute atomic E-state index is 0.0538. The van der Waals surface area contributed by atoms with E-state index in [4.69, 9.17) is 34.5 Å². The van der Waals surface area contributed by atoms with Gasteiger partial charge in [-0.15, -0.1) is 0 Å². The summed E-state index contributed by atoms with van der Waals surface area (Å²) < 4.78 is 27.7. The Labute approximate surface area is 185 Å². The first-order valence-electron chi connectivity index (χ1n) is 10.4. The van der Waals surface area contributed by atoms with Crippen molar-refractivity contribution >= 4 is 17.3 Å². The van der Waals surface area contributed by atoms with E-state index in [0.29, 0.717) is 35.9 Å². The molecule has 0 fully saturated rings. The van der Waals surface area contributed by atoms with Gasteiger partial charge in [-0.25, -0.2) is 0 Å². The number of amides is 1. The molecule has 2 aromatic rings. The number of rotatable bonds is 9. The third-order valence-electron chi connectivity index (χ3n) is 5.08. The second-order valence-electron chi connectivity index (χ2n) is 7.28. The summed E-state index contributed by atoms with van der Waals surface area (Å²) >= 11 is 0. The molecule has 4 rings (SSSR count). The van der Waals surface area contributed by atoms with Crippen molar-refractivity contribution in [2.75, 3.05) is 44.3 Å². The van der Waals surface area contributed by atoms with Gasteiger partial charge in [0.2, 0.25) is 13.1 Å². The van der Waals surface area contributed by atoms with E-state index >= 15 is 0 Å². The standard InChI is InChI=1S/C23H26N2O7/c24-17-3-1-2-4-18(17)25-23(27)21-12-16(13-22(32-21)29-10-9-28-8-7-26)15-5-6-19-20(11-15)31-14-30-19/h1-6,11-12,16,22,26H,7-10,13-14,24H2,(H,25,27). The zero-order chi connectivity index (χ0) is 22.3. The van der Waals surface area contributed by atoms with Gasteiger partial charge < -0.3 is 39.8 Å². The summed E-state index contributed by atoms with van der Waals surface area (Å²) in [5.74, 6) is 0.939. The second-order valence-corrected chi connectivity index (χ2v) is 7.28. The number of aliphatic hydroxyl groups excluding tert-OH is 1. The number of nitrogens with two attached hydrogens (primary N) is 1. The van der Waals surface area contributed by atoms with Gasteiger partial charge in [0.1, 0.15) is 0 Å². The fourth-order valence-corrected chi connectivity index (χ4v) is 3.49. The average molecular weight is 442 g/mol. The summed E-state index contributed by atoms with van der Waals surface area (Å²) in [6.45, 7) is 0.941. The summed E-state index contributed by atoms with van der Waals surface area (Å²) in [5, 5.41) is 11.6. The Morgan fingerprint density at radius 2 is 1.97 bits per heavy atom. The smallest absolute Gasteiger partial charge is 0.290 e. The van der Waals surface area contributed by atoms with Crippen molar-refractivity contribution in [3.8, 4) is 11.5 Å². The van der Waals surface area contributed by atoms with E-state index in [1.54, 1.807) is 30.3 Å². The summed E-state index contributed by atoms with van der Waals surface area (Å²) in [4.78, 5) is 12.9. The van der Waals surface area contributed by atoms with E-state index in [0.717, 1.165) is 5.56 Å². The molecule has 0 radical (unpaired) electrons. The molecule has 4 N–H and O–H groups in total. The van der Waals surface area contributed by atoms with Gasteiger partial charge >= 0.3 is 0 Å². The van der Waals surface area contributed by atoms with Crippen LogP contribution in [-0.4, -0.2) is 50.5 Å². The van der Waals surface area contributed by atoms with Gasteiger partial charge in [-0.2, -0.15) is 0 Å². The fourth-order valence-electron chi connectivity index (χ4n) is 3.49. The Morgan fingerprint density at radius 3 is 2.81 bits per heavy atom. The van der Waals surface area contributed by atoms with Crippen molar-refractivity contribution in [2.45, 2.75) is 18.6 Å². The first kappa shape index (κ1) is 21.9. The normalized spacial score (nSPS) is 19.2. The Morgan fingerprint density at radius 1 is 1.12 bits per heavy atom. The van der Waals surface area contributed by atoms with Gasteiger partial charge in [0.15, 0.2) is 17.3 Å². The minimum atomic E-state index is -0.651. The number of aliphatic hydroxyl groups is 1. The molecule has 2 aromatic carbocycles. The van der Waals surface area contributed by atoms with Crippen LogP contribution in [0.5, 0.6) is 11.5 Å². The molecule has 1 amide bonds. The average Bonchev–Trinajstić information content (AvgIpc) is 3.28. The highest BCUT2D eigenvalue weighted by atomic mass is 16.7. The lowest BCUT2D eigenvalue weighted by atomic mass is 9.92. The Kier molecular flexibility index (Phi) is 7.10. The van der Waals surface area contributed by atoms with Gasteiger partial charge in [0, 0.05) is 12.3 Å². The van der Waals surface area contributed by atoms with Crippen LogP contribution in [0.1, 0.15) is 17.9 Å². The van der Waals surface area contributed by atoms with Crippen molar-refractivity contribution in [1.82, 2.24) is 0 Å². The molecule has 9 nitrogen and oxygen atoms in total. The summed E-state index contributed by atoms with van der Waals surface area (Å²) in [5.41, 5.74) is 7.85. The zero-order valence-corrected chi connectivity index (χ0v) is 17.5. The number of hydrogen-bond donors (Lipinski definition) is 3. The van der Waals surface area contributed by atoms with Crippen LogP contribution in [0, 0.1) is 0 Å². The number of para-hydroxylation sites is 2. The number of nitrogens with one attached hydrogen (secondary N) is 1. The van der Waals surface area contributed by atoms with Gasteiger partial charge in [-0.3, -0.25) is 4.79 Å². The van der Waals surface area contributed by atoms with Crippen LogP contribution in [0.3, 0.4) is 0 Å². The molecule has 0 saturated carbocycles. The number of hydrogen-bond acceptors (Lipinski definition) is 8. The summed E-state index contributed by atoms with van der Waals surface area (Å²) in [6.07, 6.45) is 1.62. The van der Waals surface area contributed by atoms with Crippen LogP contribution < -0.4 is 20.5 Å². The zero-order valence-electron chi connectivity index (χ0n) is 17.5. The predicted octanol–water partition coefficient (Wildman–Crippen LogP) is 2.38. The molecule has 0 spiro atoms. The van der Waals surface area contributed by atoms with Crippen LogP contribution in [0.25, 0.3) is 0 Å². The maximum atomic E-state index is 12.9. The van der Waals surface area contributed by atoms with Crippen molar-refractivity contribution in [1.29, 1.82) is 0 Å². The molecule has 2 heterocycles. The van der Waals surface area contributed by atoms with Crippen LogP contribution in [0.15, 0.2) is 54.3 Å². The maximum absolute atomic E-state index is 12.9. The van der Waals surface area contributed by atoms with Crippen LogP contribution in [-0.2, 0) is 19.0 Å². The maximum Gasteiger partial charge on any atom is 0.290 e. The van der Waals surface area contributed by atoms with Gasteiger partial charge in [0.05, 0.1) is 37.8 Å². The number of ether oxygens (including phenoxy) is 5. The molecular weight excluding hydrogens is 416 g/mol. The van der Waals surface area contributed by atoms with Crippen LogP contribution in [0.4, 0.5) is 11.4 Å². The molecule has 170 valence electrons. The van der Waals surface area contributed by atoms with Crippen LogP contribution in [0.2, 0.25) is 0 Å². The number of carbonyl (C=O) groups excluding carboxylic acids is 1. The SMILES string of the molecule is Nc1ccccc1NC(=O)C1=CC(c2ccc3c(c2)OCO3)CC(OCCOCCO)O1. The van der Waals surface area contributed by atoms with Crippen molar-refractivity contribution < 1.29 is 33.6 Å². The molecule has 0 aromatic heterocycles. The number of carbonyl (C=O) groups is 1. The van der Waals surface area contributed by atoms with Crippen LogP contribution >= 0.6 is 0 Å². The highest BCUT2D eigenvalue weighted by Crippen LogP contribution is 2.38. The third kappa shape index (κ3) is 5.31. The number of nitrogen functional groups attached to an aromatic ring is 1. The summed E-state index contributed by atoms with van der Waals surface area (Å²) in [6, 6.07) is 12.7. The molecule has 9 heteroatoms. The summed E-state index contributed by atoms with van der Waals surface area (Å²) in [7, 11) is 0. The Bertz CT molecular complexity index is 979. The predicted molar refractivity (Wildman–Crippen MR) is 116 cm³/mol. The fraction of sp³-hybridized carbons (Fsp3) is 0.348. The Balaban J connectivity index is 1.51. The quantitative estimate of drug-likeness (QED) is 0.400. The lowest BCUT2D eigenvalue weighted by Gasteiger charge is -2.29. The van der Waals surface area contributed by atoms with Gasteiger partial charge in [-0.05, 0) is 35.9 Å². The van der Waals surface area contributed by atoms with Crippen molar-refractivity contribution in [3.63, 3.8) is 0 Å². The monoisotopic (exact) mass is 442 g/mol. The minimum Gasteiger partial charge on any atom is -0.459 e. The third-order valence-corrected chi connectivity index (χ3v) is 5.08. The molecular formula is C23H26N2O7. The second kappa shape index (κ2) is 10.4. The number of fused-ring (bicyclic) bond motifs is 1. The molecule has 2 unspecified atom stereocenters. The first-order valence-corrected chi connectivity index (χ1v) is 10.4. The topological polar surface area (TPSA) is 122 Å². The highest BCUT2D eigenvalue weighted by Gasteiger charge is 2.30.